The van der Waals surface area contributed by atoms with Gasteiger partial charge in [0.05, 0.1) is 16.5 Å². The van der Waals surface area contributed by atoms with Crippen molar-refractivity contribution in [2.45, 2.75) is 28.9 Å². The number of tetrazole rings is 1. The highest BCUT2D eigenvalue weighted by Gasteiger charge is 2.22. The second-order valence-electron chi connectivity index (χ2n) is 4.90. The molecule has 0 radical (unpaired) electrons. The molecule has 0 amide bonds. The molecule has 1 aliphatic rings. The summed E-state index contributed by atoms with van der Waals surface area (Å²) in [4.78, 5) is 10.9. The minimum atomic E-state index is -0.526. The molecule has 1 aromatic heterocycles. The fourth-order valence-corrected chi connectivity index (χ4v) is 3.22. The van der Waals surface area contributed by atoms with Gasteiger partial charge in [0.2, 0.25) is 5.16 Å². The number of non-ortho nitro benzene ring substituents is 1. The second-order valence-corrected chi connectivity index (χ2v) is 5.91. The van der Waals surface area contributed by atoms with Crippen LogP contribution in [-0.4, -0.2) is 38.3 Å². The molecule has 10 heteroatoms. The van der Waals surface area contributed by atoms with Crippen LogP contribution in [0.5, 0.6) is 0 Å². The SMILES string of the molecule is N#Cc1cc([N+](=O)[O-])ccc1Sc1nnnn1C1CCOCC1. The molecule has 1 saturated heterocycles. The number of rotatable bonds is 4. The highest BCUT2D eigenvalue weighted by molar-refractivity contribution is 7.99. The number of aromatic nitrogens is 4. The van der Waals surface area contributed by atoms with E-state index in [1.807, 2.05) is 6.07 Å². The summed E-state index contributed by atoms with van der Waals surface area (Å²) in [7, 11) is 0. The van der Waals surface area contributed by atoms with Crippen LogP contribution in [0.2, 0.25) is 0 Å². The maximum atomic E-state index is 10.8. The third-order valence-electron chi connectivity index (χ3n) is 3.49. The van der Waals surface area contributed by atoms with E-state index in [-0.39, 0.29) is 17.3 Å². The molecule has 0 unspecified atom stereocenters. The summed E-state index contributed by atoms with van der Waals surface area (Å²) in [5.41, 5.74) is 0.112. The first-order chi connectivity index (χ1) is 11.2. The van der Waals surface area contributed by atoms with Crippen molar-refractivity contribution >= 4 is 17.4 Å². The van der Waals surface area contributed by atoms with Crippen LogP contribution in [0.3, 0.4) is 0 Å². The van der Waals surface area contributed by atoms with Crippen LogP contribution >= 0.6 is 11.8 Å². The molecule has 2 aromatic rings. The average molecular weight is 332 g/mol. The van der Waals surface area contributed by atoms with Crippen molar-refractivity contribution in [2.24, 2.45) is 0 Å². The third kappa shape index (κ3) is 3.30. The van der Waals surface area contributed by atoms with E-state index in [1.54, 1.807) is 10.7 Å². The van der Waals surface area contributed by atoms with Gasteiger partial charge in [0.15, 0.2) is 0 Å². The number of hydrogen-bond acceptors (Lipinski definition) is 8. The summed E-state index contributed by atoms with van der Waals surface area (Å²) in [6.45, 7) is 1.32. The van der Waals surface area contributed by atoms with Crippen LogP contribution in [0.25, 0.3) is 0 Å². The second kappa shape index (κ2) is 6.72. The predicted octanol–water partition coefficient (Wildman–Crippen LogP) is 1.96. The van der Waals surface area contributed by atoms with E-state index in [0.29, 0.717) is 23.3 Å². The Hall–Kier alpha value is -2.51. The Morgan fingerprint density at radius 1 is 1.43 bits per heavy atom. The van der Waals surface area contributed by atoms with Crippen LogP contribution in [0.15, 0.2) is 28.3 Å². The van der Waals surface area contributed by atoms with Crippen molar-refractivity contribution in [3.8, 4) is 6.07 Å². The van der Waals surface area contributed by atoms with Gasteiger partial charge in [0.1, 0.15) is 6.07 Å². The zero-order chi connectivity index (χ0) is 16.2. The third-order valence-corrected chi connectivity index (χ3v) is 4.52. The largest absolute Gasteiger partial charge is 0.381 e. The molecular formula is C13H12N6O3S. The zero-order valence-electron chi connectivity index (χ0n) is 12.0. The molecule has 1 aliphatic heterocycles. The number of nitrogens with zero attached hydrogens (tertiary/aromatic N) is 6. The number of nitro benzene ring substituents is 1. The van der Waals surface area contributed by atoms with Gasteiger partial charge in [-0.3, -0.25) is 10.1 Å². The summed E-state index contributed by atoms with van der Waals surface area (Å²) < 4.78 is 7.06. The average Bonchev–Trinajstić information content (AvgIpc) is 3.04. The summed E-state index contributed by atoms with van der Waals surface area (Å²) >= 11 is 1.23. The standard InChI is InChI=1S/C13H12N6O3S/c14-8-9-7-11(19(20)21)1-2-12(9)23-13-15-16-17-18(13)10-3-5-22-6-4-10/h1-2,7,10H,3-6H2. The van der Waals surface area contributed by atoms with Crippen LogP contribution < -0.4 is 0 Å². The van der Waals surface area contributed by atoms with Gasteiger partial charge in [-0.2, -0.15) is 5.26 Å². The highest BCUT2D eigenvalue weighted by Crippen LogP contribution is 2.33. The van der Waals surface area contributed by atoms with Gasteiger partial charge >= 0.3 is 0 Å². The maximum absolute atomic E-state index is 10.8. The van der Waals surface area contributed by atoms with Crippen molar-refractivity contribution in [3.05, 3.63) is 33.9 Å². The highest BCUT2D eigenvalue weighted by atomic mass is 32.2. The van der Waals surface area contributed by atoms with Gasteiger partial charge in [-0.1, -0.05) is 0 Å². The van der Waals surface area contributed by atoms with E-state index < -0.39 is 4.92 Å². The van der Waals surface area contributed by atoms with Crippen LogP contribution in [0, 0.1) is 21.4 Å². The molecule has 0 bridgehead atoms. The van der Waals surface area contributed by atoms with Crippen molar-refractivity contribution in [1.29, 1.82) is 5.26 Å². The number of nitriles is 1. The van der Waals surface area contributed by atoms with Crippen LogP contribution in [0.4, 0.5) is 5.69 Å². The number of hydrogen-bond donors (Lipinski definition) is 0. The Kier molecular flexibility index (Phi) is 4.50. The lowest BCUT2D eigenvalue weighted by molar-refractivity contribution is -0.384. The molecule has 0 N–H and O–H groups in total. The van der Waals surface area contributed by atoms with Crippen molar-refractivity contribution in [1.82, 2.24) is 20.2 Å². The van der Waals surface area contributed by atoms with Gasteiger partial charge < -0.3 is 4.74 Å². The van der Waals surface area contributed by atoms with E-state index >= 15 is 0 Å². The molecular weight excluding hydrogens is 320 g/mol. The molecule has 0 aliphatic carbocycles. The monoisotopic (exact) mass is 332 g/mol. The Morgan fingerprint density at radius 3 is 2.91 bits per heavy atom. The Balaban J connectivity index is 1.87. The van der Waals surface area contributed by atoms with E-state index in [1.165, 1.54) is 23.9 Å². The van der Waals surface area contributed by atoms with Gasteiger partial charge in [-0.15, -0.1) is 5.10 Å². The molecule has 3 rings (SSSR count). The number of benzene rings is 1. The minimum absolute atomic E-state index is 0.116. The molecule has 2 heterocycles. The maximum Gasteiger partial charge on any atom is 0.270 e. The van der Waals surface area contributed by atoms with E-state index in [4.69, 9.17) is 4.74 Å². The lowest BCUT2D eigenvalue weighted by atomic mass is 10.1. The molecule has 23 heavy (non-hydrogen) atoms. The van der Waals surface area contributed by atoms with Crippen LogP contribution in [0.1, 0.15) is 24.4 Å². The van der Waals surface area contributed by atoms with Crippen molar-refractivity contribution in [3.63, 3.8) is 0 Å². The lowest BCUT2D eigenvalue weighted by Gasteiger charge is -2.22. The van der Waals surface area contributed by atoms with Gasteiger partial charge in [-0.25, -0.2) is 4.68 Å². The molecule has 1 aromatic carbocycles. The normalized spacial score (nSPS) is 15.3. The summed E-state index contributed by atoms with van der Waals surface area (Å²) in [5, 5.41) is 32.3. The fourth-order valence-electron chi connectivity index (χ4n) is 2.32. The molecule has 1 fully saturated rings. The first-order valence-electron chi connectivity index (χ1n) is 6.91. The molecule has 0 atom stereocenters. The molecule has 9 nitrogen and oxygen atoms in total. The zero-order valence-corrected chi connectivity index (χ0v) is 12.8. The summed E-state index contributed by atoms with van der Waals surface area (Å²) in [6.07, 6.45) is 1.65. The van der Waals surface area contributed by atoms with E-state index in [9.17, 15) is 15.4 Å². The quantitative estimate of drug-likeness (QED) is 0.615. The van der Waals surface area contributed by atoms with Crippen molar-refractivity contribution < 1.29 is 9.66 Å². The Bertz CT molecular complexity index is 765. The van der Waals surface area contributed by atoms with E-state index in [2.05, 4.69) is 15.5 Å². The molecule has 118 valence electrons. The smallest absolute Gasteiger partial charge is 0.270 e. The number of nitro groups is 1. The molecule has 0 spiro atoms. The van der Waals surface area contributed by atoms with Gasteiger partial charge in [-0.05, 0) is 41.1 Å². The van der Waals surface area contributed by atoms with Crippen molar-refractivity contribution in [2.75, 3.05) is 13.2 Å². The Morgan fingerprint density at radius 2 is 2.22 bits per heavy atom. The van der Waals surface area contributed by atoms with Crippen LogP contribution in [-0.2, 0) is 4.74 Å². The Labute approximate surface area is 135 Å². The minimum Gasteiger partial charge on any atom is -0.381 e. The van der Waals surface area contributed by atoms with Gasteiger partial charge in [0, 0.05) is 30.2 Å². The first-order valence-corrected chi connectivity index (χ1v) is 7.72. The summed E-state index contributed by atoms with van der Waals surface area (Å²) in [5.74, 6) is 0. The number of ether oxygens (including phenoxy) is 1. The van der Waals surface area contributed by atoms with Gasteiger partial charge in [0.25, 0.3) is 5.69 Å². The fraction of sp³-hybridized carbons (Fsp3) is 0.385. The predicted molar refractivity (Wildman–Crippen MR) is 78.8 cm³/mol. The lowest BCUT2D eigenvalue weighted by Crippen LogP contribution is -2.21. The summed E-state index contributed by atoms with van der Waals surface area (Å²) in [6, 6.07) is 6.30. The van der Waals surface area contributed by atoms with E-state index in [0.717, 1.165) is 12.8 Å². The first kappa shape index (κ1) is 15.4. The molecule has 0 saturated carbocycles. The topological polar surface area (TPSA) is 120 Å².